The van der Waals surface area contributed by atoms with Gasteiger partial charge in [0.05, 0.1) is 11.2 Å². The van der Waals surface area contributed by atoms with E-state index in [1.807, 2.05) is 25.1 Å². The number of hydrogen-bond donors (Lipinski definition) is 0. The first-order valence-electron chi connectivity index (χ1n) is 4.51. The molecule has 0 aliphatic carbocycles. The Morgan fingerprint density at radius 1 is 1.36 bits per heavy atom. The first-order valence-corrected chi connectivity index (χ1v) is 4.51. The minimum Gasteiger partial charge on any atom is -0.377 e. The number of benzene rings is 1. The molecule has 4 heteroatoms. The summed E-state index contributed by atoms with van der Waals surface area (Å²) in [6.45, 7) is 5.44. The van der Waals surface area contributed by atoms with Gasteiger partial charge >= 0.3 is 0 Å². The van der Waals surface area contributed by atoms with Gasteiger partial charge in [-0.2, -0.15) is 0 Å². The Balaban J connectivity index is 2.81. The van der Waals surface area contributed by atoms with Crippen LogP contribution in [0.4, 0.5) is 5.69 Å². The van der Waals surface area contributed by atoms with Gasteiger partial charge in [-0.3, -0.25) is 0 Å². The van der Waals surface area contributed by atoms with Gasteiger partial charge in [-0.1, -0.05) is 18.2 Å². The van der Waals surface area contributed by atoms with Crippen molar-refractivity contribution >= 4 is 5.69 Å². The molecule has 0 aliphatic rings. The monoisotopic (exact) mass is 194 g/mol. The van der Waals surface area contributed by atoms with E-state index in [0.717, 1.165) is 5.56 Å². The first-order chi connectivity index (χ1) is 6.59. The van der Waals surface area contributed by atoms with E-state index in [1.54, 1.807) is 19.9 Å². The molecule has 14 heavy (non-hydrogen) atoms. The largest absolute Gasteiger partial charge is 0.377 e. The van der Waals surface area contributed by atoms with Gasteiger partial charge in [-0.15, -0.1) is 0 Å². The van der Waals surface area contributed by atoms with Gasteiger partial charge < -0.3 is 4.84 Å². The normalized spacial score (nSPS) is 11.9. The summed E-state index contributed by atoms with van der Waals surface area (Å²) < 4.78 is 0. The van der Waals surface area contributed by atoms with Crippen LogP contribution < -0.4 is 0 Å². The maximum atomic E-state index is 11.1. The van der Waals surface area contributed by atoms with Crippen molar-refractivity contribution in [3.05, 3.63) is 35.0 Å². The van der Waals surface area contributed by atoms with E-state index in [-0.39, 0.29) is 11.1 Å². The molecule has 1 aromatic rings. The summed E-state index contributed by atoms with van der Waals surface area (Å²) in [6, 6.07) is 7.38. The second-order valence-electron chi connectivity index (χ2n) is 3.28. The molecule has 76 valence electrons. The molecule has 1 aromatic carbocycles. The van der Waals surface area contributed by atoms with E-state index in [9.17, 15) is 5.21 Å². The summed E-state index contributed by atoms with van der Waals surface area (Å²) in [5.41, 5.74) is 1.57. The van der Waals surface area contributed by atoms with Crippen LogP contribution in [0.15, 0.2) is 29.4 Å². The lowest BCUT2D eigenvalue weighted by Crippen LogP contribution is -2.09. The van der Waals surface area contributed by atoms with Crippen molar-refractivity contribution in [1.29, 1.82) is 0 Å². The highest BCUT2D eigenvalue weighted by molar-refractivity contribution is 5.43. The number of aryl methyl sites for hydroxylation is 1. The summed E-state index contributed by atoms with van der Waals surface area (Å²) >= 11 is 0. The molecule has 0 saturated heterocycles. The fourth-order valence-electron chi connectivity index (χ4n) is 0.968. The molecule has 4 nitrogen and oxygen atoms in total. The summed E-state index contributed by atoms with van der Waals surface area (Å²) in [7, 11) is 0. The fourth-order valence-corrected chi connectivity index (χ4v) is 0.968. The predicted octanol–water partition coefficient (Wildman–Crippen LogP) is 2.93. The molecular weight excluding hydrogens is 180 g/mol. The highest BCUT2D eigenvalue weighted by atomic mass is 16.9. The SMILES string of the molecule is Cc1ccccc1N=[N+]([O-])OC(C)C. The minimum atomic E-state index is -0.166. The standard InChI is InChI=1S/C10H14N2O2/c1-8(2)14-12(13)11-10-7-5-4-6-9(10)3/h4-8H,1-3H3. The van der Waals surface area contributed by atoms with Gasteiger partial charge in [0.25, 0.3) is 0 Å². The van der Waals surface area contributed by atoms with Gasteiger partial charge in [0.2, 0.25) is 0 Å². The number of hydrogen-bond acceptors (Lipinski definition) is 3. The lowest BCUT2D eigenvalue weighted by atomic mass is 10.2. The lowest BCUT2D eigenvalue weighted by molar-refractivity contribution is -0.796. The van der Waals surface area contributed by atoms with Crippen LogP contribution in [-0.4, -0.2) is 11.1 Å². The average Bonchev–Trinajstić information content (AvgIpc) is 2.07. The summed E-state index contributed by atoms with van der Waals surface area (Å²) in [5, 5.41) is 15.1. The maximum Gasteiger partial charge on any atom is 0.174 e. The molecule has 0 saturated carbocycles. The number of rotatable bonds is 3. The Labute approximate surface area is 83.4 Å². The van der Waals surface area contributed by atoms with E-state index in [4.69, 9.17) is 4.84 Å². The molecule has 0 aliphatic heterocycles. The Kier molecular flexibility index (Phi) is 3.45. The third-order valence-corrected chi connectivity index (χ3v) is 1.61. The zero-order valence-electron chi connectivity index (χ0n) is 8.60. The fraction of sp³-hybridized carbons (Fsp3) is 0.400. The van der Waals surface area contributed by atoms with Crippen LogP contribution in [0.25, 0.3) is 0 Å². The first kappa shape index (κ1) is 10.5. The zero-order valence-corrected chi connectivity index (χ0v) is 8.60. The average molecular weight is 194 g/mol. The Morgan fingerprint density at radius 3 is 2.57 bits per heavy atom. The highest BCUT2D eigenvalue weighted by Crippen LogP contribution is 2.17. The smallest absolute Gasteiger partial charge is 0.174 e. The maximum absolute atomic E-state index is 11.1. The van der Waals surface area contributed by atoms with Crippen molar-refractivity contribution in [2.24, 2.45) is 5.11 Å². The molecule has 0 unspecified atom stereocenters. The van der Waals surface area contributed by atoms with Gasteiger partial charge in [-0.25, -0.2) is 5.21 Å². The Morgan fingerprint density at radius 2 is 2.00 bits per heavy atom. The molecule has 0 radical (unpaired) electrons. The van der Waals surface area contributed by atoms with Crippen LogP contribution in [0.5, 0.6) is 0 Å². The van der Waals surface area contributed by atoms with Crippen molar-refractivity contribution in [2.45, 2.75) is 26.9 Å². The molecule has 0 aromatic heterocycles. The predicted molar refractivity (Wildman–Crippen MR) is 53.1 cm³/mol. The van der Waals surface area contributed by atoms with Crippen molar-refractivity contribution in [2.75, 3.05) is 0 Å². The third kappa shape index (κ3) is 3.05. The van der Waals surface area contributed by atoms with Crippen LogP contribution in [0, 0.1) is 12.1 Å². The third-order valence-electron chi connectivity index (χ3n) is 1.61. The summed E-state index contributed by atoms with van der Waals surface area (Å²) in [6.07, 6.45) is -0.166. The van der Waals surface area contributed by atoms with Gasteiger partial charge in [-0.05, 0) is 32.4 Å². The quantitative estimate of drug-likeness (QED) is 0.548. The molecule has 0 N–H and O–H groups in total. The summed E-state index contributed by atoms with van der Waals surface area (Å²) in [5.74, 6) is 0. The van der Waals surface area contributed by atoms with Crippen LogP contribution in [0.3, 0.4) is 0 Å². The van der Waals surface area contributed by atoms with Crippen LogP contribution in [0.2, 0.25) is 0 Å². The highest BCUT2D eigenvalue weighted by Gasteiger charge is 2.02. The molecule has 0 fully saturated rings. The molecule has 0 bridgehead atoms. The van der Waals surface area contributed by atoms with Gasteiger partial charge in [0.1, 0.15) is 5.69 Å². The van der Waals surface area contributed by atoms with Crippen molar-refractivity contribution < 1.29 is 9.86 Å². The molecule has 0 amide bonds. The van der Waals surface area contributed by atoms with Crippen LogP contribution in [0.1, 0.15) is 19.4 Å². The zero-order chi connectivity index (χ0) is 10.6. The molecule has 0 atom stereocenters. The summed E-state index contributed by atoms with van der Waals surface area (Å²) in [4.78, 5) is 4.82. The van der Waals surface area contributed by atoms with E-state index in [0.29, 0.717) is 5.69 Å². The van der Waals surface area contributed by atoms with Crippen LogP contribution >= 0.6 is 0 Å². The minimum absolute atomic E-state index is 0.166. The van der Waals surface area contributed by atoms with Crippen LogP contribution in [-0.2, 0) is 4.84 Å². The second kappa shape index (κ2) is 4.60. The van der Waals surface area contributed by atoms with Gasteiger partial charge in [0.15, 0.2) is 5.02 Å². The van der Waals surface area contributed by atoms with E-state index >= 15 is 0 Å². The van der Waals surface area contributed by atoms with E-state index in [1.165, 1.54) is 0 Å². The molecule has 1 rings (SSSR count). The molecule has 0 spiro atoms. The Bertz CT molecular complexity index is 335. The van der Waals surface area contributed by atoms with Gasteiger partial charge in [0, 0.05) is 0 Å². The van der Waals surface area contributed by atoms with Crippen molar-refractivity contribution in [3.63, 3.8) is 0 Å². The van der Waals surface area contributed by atoms with E-state index < -0.39 is 0 Å². The lowest BCUT2D eigenvalue weighted by Gasteiger charge is -2.05. The second-order valence-corrected chi connectivity index (χ2v) is 3.28. The van der Waals surface area contributed by atoms with Crippen molar-refractivity contribution in [1.82, 2.24) is 0 Å². The molecular formula is C10H14N2O2. The Hall–Kier alpha value is -1.58. The van der Waals surface area contributed by atoms with Crippen molar-refractivity contribution in [3.8, 4) is 0 Å². The van der Waals surface area contributed by atoms with E-state index in [2.05, 4.69) is 5.11 Å². The topological polar surface area (TPSA) is 47.7 Å². The molecule has 0 heterocycles. The number of nitrogens with zero attached hydrogens (tertiary/aromatic N) is 2.